The second kappa shape index (κ2) is 5.28. The van der Waals surface area contributed by atoms with Crippen molar-refractivity contribution in [3.8, 4) is 0 Å². The van der Waals surface area contributed by atoms with Crippen molar-refractivity contribution in [3.63, 3.8) is 0 Å². The number of benzene rings is 1. The summed E-state index contributed by atoms with van der Waals surface area (Å²) in [5.41, 5.74) is 0.929. The maximum absolute atomic E-state index is 6.13. The molecule has 0 amide bonds. The second-order valence-corrected chi connectivity index (χ2v) is 6.28. The summed E-state index contributed by atoms with van der Waals surface area (Å²) >= 11 is 23.3. The van der Waals surface area contributed by atoms with E-state index in [2.05, 4.69) is 15.9 Å². The van der Waals surface area contributed by atoms with Crippen LogP contribution in [0.15, 0.2) is 29.6 Å². The molecule has 1 unspecified atom stereocenters. The number of thiophene rings is 1. The van der Waals surface area contributed by atoms with Gasteiger partial charge in [0.05, 0.1) is 9.85 Å². The van der Waals surface area contributed by atoms with Crippen LogP contribution in [0.3, 0.4) is 0 Å². The number of hydrogen-bond donors (Lipinski definition) is 0. The lowest BCUT2D eigenvalue weighted by Gasteiger charge is -2.11. The molecule has 0 radical (unpaired) electrons. The largest absolute Gasteiger partial charge is 0.146 e. The van der Waals surface area contributed by atoms with Crippen LogP contribution in [0.1, 0.15) is 15.3 Å². The Labute approximate surface area is 121 Å². The number of hydrogen-bond acceptors (Lipinski definition) is 1. The summed E-state index contributed by atoms with van der Waals surface area (Å²) in [6, 6.07) is 7.27. The average molecular weight is 356 g/mol. The van der Waals surface area contributed by atoms with Gasteiger partial charge in [0.15, 0.2) is 0 Å². The fraction of sp³-hybridized carbons (Fsp3) is 0.0909. The van der Waals surface area contributed by atoms with Gasteiger partial charge >= 0.3 is 0 Å². The number of rotatable bonds is 2. The average Bonchev–Trinajstić information content (AvgIpc) is 2.67. The molecule has 1 aromatic heterocycles. The minimum Gasteiger partial charge on any atom is -0.146 e. The highest BCUT2D eigenvalue weighted by atomic mass is 79.9. The SMILES string of the molecule is Clc1ccc(Cl)c(C(Br)c2sccc2Cl)c1. The Morgan fingerprint density at radius 1 is 1.06 bits per heavy atom. The van der Waals surface area contributed by atoms with Gasteiger partial charge in [0.2, 0.25) is 0 Å². The predicted molar refractivity (Wildman–Crippen MR) is 76.6 cm³/mol. The van der Waals surface area contributed by atoms with Crippen LogP contribution in [-0.2, 0) is 0 Å². The van der Waals surface area contributed by atoms with Crippen LogP contribution in [0.4, 0.5) is 0 Å². The van der Waals surface area contributed by atoms with E-state index in [0.29, 0.717) is 10.0 Å². The van der Waals surface area contributed by atoms with Crippen LogP contribution < -0.4 is 0 Å². The molecule has 16 heavy (non-hydrogen) atoms. The molecule has 0 aliphatic carbocycles. The summed E-state index contributed by atoms with van der Waals surface area (Å²) in [5.74, 6) is 0. The van der Waals surface area contributed by atoms with E-state index in [9.17, 15) is 0 Å². The summed E-state index contributed by atoms with van der Waals surface area (Å²) in [5, 5.41) is 4.03. The molecule has 1 heterocycles. The molecule has 0 saturated heterocycles. The third kappa shape index (κ3) is 2.57. The topological polar surface area (TPSA) is 0 Å². The van der Waals surface area contributed by atoms with Crippen LogP contribution in [0, 0.1) is 0 Å². The van der Waals surface area contributed by atoms with E-state index >= 15 is 0 Å². The fourth-order valence-corrected chi connectivity index (χ4v) is 4.11. The maximum atomic E-state index is 6.13. The van der Waals surface area contributed by atoms with E-state index in [1.165, 1.54) is 0 Å². The predicted octanol–water partition coefficient (Wildman–Crippen LogP) is 6.19. The standard InChI is InChI=1S/C11H6BrCl3S/c12-10(11-9(15)3-4-16-11)7-5-6(13)1-2-8(7)14/h1-5,10H. The zero-order valence-corrected chi connectivity index (χ0v) is 12.6. The van der Waals surface area contributed by atoms with Gasteiger partial charge in [-0.1, -0.05) is 50.7 Å². The summed E-state index contributed by atoms with van der Waals surface area (Å²) in [4.78, 5) is 1.01. The summed E-state index contributed by atoms with van der Waals surface area (Å²) in [7, 11) is 0. The number of alkyl halides is 1. The Balaban J connectivity index is 2.45. The highest BCUT2D eigenvalue weighted by Gasteiger charge is 2.18. The van der Waals surface area contributed by atoms with Crippen LogP contribution >= 0.6 is 62.1 Å². The first-order valence-electron chi connectivity index (χ1n) is 4.41. The van der Waals surface area contributed by atoms with E-state index in [4.69, 9.17) is 34.8 Å². The molecule has 0 bridgehead atoms. The van der Waals surface area contributed by atoms with Crippen LogP contribution in [0.5, 0.6) is 0 Å². The molecule has 5 heteroatoms. The molecule has 0 nitrogen and oxygen atoms in total. The molecule has 0 aliphatic heterocycles. The molecule has 2 rings (SSSR count). The molecule has 0 N–H and O–H groups in total. The molecular formula is C11H6BrCl3S. The lowest BCUT2D eigenvalue weighted by atomic mass is 10.1. The van der Waals surface area contributed by atoms with Gasteiger partial charge in [-0.25, -0.2) is 0 Å². The van der Waals surface area contributed by atoms with Crippen molar-refractivity contribution in [2.75, 3.05) is 0 Å². The van der Waals surface area contributed by atoms with Gasteiger partial charge < -0.3 is 0 Å². The first kappa shape index (κ1) is 12.7. The molecule has 2 aromatic rings. The van der Waals surface area contributed by atoms with Gasteiger partial charge in [-0.05, 0) is 35.2 Å². The third-order valence-electron chi connectivity index (χ3n) is 2.11. The Morgan fingerprint density at radius 3 is 2.44 bits per heavy atom. The lowest BCUT2D eigenvalue weighted by molar-refractivity contribution is 1.23. The van der Waals surface area contributed by atoms with Crippen molar-refractivity contribution < 1.29 is 0 Å². The molecule has 84 valence electrons. The van der Waals surface area contributed by atoms with Gasteiger partial charge in [0.1, 0.15) is 0 Å². The monoisotopic (exact) mass is 354 g/mol. The Hall–Kier alpha value is 0.270. The zero-order valence-electron chi connectivity index (χ0n) is 7.88. The minimum atomic E-state index is -0.0220. The van der Waals surface area contributed by atoms with Gasteiger partial charge in [-0.15, -0.1) is 11.3 Å². The van der Waals surface area contributed by atoms with Gasteiger partial charge in [0.25, 0.3) is 0 Å². The Kier molecular flexibility index (Phi) is 4.20. The molecular weight excluding hydrogens is 350 g/mol. The van der Waals surface area contributed by atoms with Crippen molar-refractivity contribution >= 4 is 62.1 Å². The van der Waals surface area contributed by atoms with Gasteiger partial charge in [-0.2, -0.15) is 0 Å². The zero-order chi connectivity index (χ0) is 11.7. The molecule has 0 spiro atoms. The molecule has 0 fully saturated rings. The van der Waals surface area contributed by atoms with Gasteiger partial charge in [-0.3, -0.25) is 0 Å². The lowest BCUT2D eigenvalue weighted by Crippen LogP contribution is -1.91. The Bertz CT molecular complexity index is 510. The quantitative estimate of drug-likeness (QED) is 0.563. The van der Waals surface area contributed by atoms with E-state index in [1.54, 1.807) is 23.5 Å². The van der Waals surface area contributed by atoms with Crippen molar-refractivity contribution in [1.82, 2.24) is 0 Å². The maximum Gasteiger partial charge on any atom is 0.0767 e. The molecule has 0 aliphatic rings. The fourth-order valence-electron chi connectivity index (χ4n) is 1.34. The second-order valence-electron chi connectivity index (χ2n) is 3.16. The smallest absolute Gasteiger partial charge is 0.0767 e. The summed E-state index contributed by atoms with van der Waals surface area (Å²) < 4.78 is 0. The first-order valence-corrected chi connectivity index (χ1v) is 7.34. The number of halogens is 4. The van der Waals surface area contributed by atoms with Crippen LogP contribution in [0.2, 0.25) is 15.1 Å². The van der Waals surface area contributed by atoms with Crippen molar-refractivity contribution in [3.05, 3.63) is 55.2 Å². The highest BCUT2D eigenvalue weighted by molar-refractivity contribution is 9.09. The van der Waals surface area contributed by atoms with Crippen molar-refractivity contribution in [2.24, 2.45) is 0 Å². The Morgan fingerprint density at radius 2 is 1.81 bits per heavy atom. The van der Waals surface area contributed by atoms with E-state index in [1.807, 2.05) is 17.5 Å². The summed E-state index contributed by atoms with van der Waals surface area (Å²) in [6.07, 6.45) is 0. The normalized spacial score (nSPS) is 12.8. The van der Waals surface area contributed by atoms with Crippen molar-refractivity contribution in [2.45, 2.75) is 4.83 Å². The highest BCUT2D eigenvalue weighted by Crippen LogP contribution is 2.41. The van der Waals surface area contributed by atoms with E-state index < -0.39 is 0 Å². The van der Waals surface area contributed by atoms with Crippen molar-refractivity contribution in [1.29, 1.82) is 0 Å². The summed E-state index contributed by atoms with van der Waals surface area (Å²) in [6.45, 7) is 0. The minimum absolute atomic E-state index is 0.0220. The third-order valence-corrected chi connectivity index (χ3v) is 5.36. The van der Waals surface area contributed by atoms with Crippen LogP contribution in [0.25, 0.3) is 0 Å². The first-order chi connectivity index (χ1) is 7.59. The van der Waals surface area contributed by atoms with E-state index in [-0.39, 0.29) is 4.83 Å². The molecule has 0 saturated carbocycles. The van der Waals surface area contributed by atoms with Gasteiger partial charge in [0, 0.05) is 14.9 Å². The molecule has 1 aromatic carbocycles. The molecule has 1 atom stereocenters. The van der Waals surface area contributed by atoms with E-state index in [0.717, 1.165) is 15.5 Å². The van der Waals surface area contributed by atoms with Crippen LogP contribution in [-0.4, -0.2) is 0 Å².